The van der Waals surface area contributed by atoms with Gasteiger partial charge in [0.2, 0.25) is 0 Å². The largest absolute Gasteiger partial charge is 0.464 e. The second-order valence-corrected chi connectivity index (χ2v) is 17.8. The van der Waals surface area contributed by atoms with Crippen molar-refractivity contribution in [2.24, 2.45) is 0 Å². The number of unbranched alkanes of at least 4 members (excludes halogenated alkanes) is 14. The highest BCUT2D eigenvalue weighted by molar-refractivity contribution is 7.80. The molecule has 5 aromatic carbocycles. The lowest BCUT2D eigenvalue weighted by atomic mass is 9.82. The highest BCUT2D eigenvalue weighted by Crippen LogP contribution is 2.46. The maximum atomic E-state index is 14.1. The molecular weight excluding hydrogens is 821 g/mol. The third-order valence-electron chi connectivity index (χ3n) is 12.7. The van der Waals surface area contributed by atoms with E-state index in [-0.39, 0.29) is 13.2 Å². The fourth-order valence-corrected chi connectivity index (χ4v) is 9.80. The van der Waals surface area contributed by atoms with E-state index in [1.807, 2.05) is 24.3 Å². The predicted octanol–water partition coefficient (Wildman–Crippen LogP) is 10.9. The van der Waals surface area contributed by atoms with Gasteiger partial charge in [0.1, 0.15) is 12.1 Å². The number of nitrogens with zero attached hydrogens (tertiary/aromatic N) is 2. The first-order valence-electron chi connectivity index (χ1n) is 22.6. The zero-order valence-electron chi connectivity index (χ0n) is 36.0. The molecule has 0 saturated carbocycles. The first-order chi connectivity index (χ1) is 30.1. The molecule has 0 aromatic heterocycles. The Labute approximate surface area is 374 Å². The molecule has 62 heavy (non-hydrogen) atoms. The fourth-order valence-electron chi connectivity index (χ4n) is 9.36. The summed E-state index contributed by atoms with van der Waals surface area (Å²) in [6.07, 6.45) is 17.2. The summed E-state index contributed by atoms with van der Waals surface area (Å²) in [5.41, 5.74) is 1.22. The van der Waals surface area contributed by atoms with Gasteiger partial charge < -0.3 is 9.47 Å². The summed E-state index contributed by atoms with van der Waals surface area (Å²) in [4.78, 5) is 85.0. The standard InChI is InChI=1S/C50H58N2O8S2/c1-31(49(57)59-27-15-11-7-3-5-9-13-17-29-61)51-45(53)37-23-19-33-35-21-25-39-44-40(26-22-36(42(35)44)34-20-24-38(46(51)54)43(37)41(33)34)48(56)52(47(39)55)32(2)50(58)60-28-16-12-8-4-6-10-14-18-30-62/h19-26,31-32,61-62H,3-18,27-30H2,1-2H3. The SMILES string of the molecule is CC(C(=O)OCCCCCCCCCCS)N1C(=O)c2ccc3c4ccc5c6c(ccc(c7ccc(c2c37)C1=O)c64)C(=O)N(C(C)C(=O)OCCCCCCCCCCS)C5=O. The van der Waals surface area contributed by atoms with Crippen molar-refractivity contribution in [3.05, 3.63) is 70.8 Å². The Morgan fingerprint density at radius 3 is 0.952 bits per heavy atom. The minimum Gasteiger partial charge on any atom is -0.464 e. The second kappa shape index (κ2) is 20.7. The van der Waals surface area contributed by atoms with Gasteiger partial charge in [-0.1, -0.05) is 101 Å². The molecule has 10 nitrogen and oxygen atoms in total. The molecule has 0 aliphatic carbocycles. The number of carbonyl (C=O) groups excluding carboxylic acids is 6. The van der Waals surface area contributed by atoms with Gasteiger partial charge in [-0.2, -0.15) is 25.3 Å². The minimum atomic E-state index is -1.12. The third-order valence-corrected chi connectivity index (χ3v) is 13.4. The summed E-state index contributed by atoms with van der Waals surface area (Å²) in [5, 5.41) is 5.44. The molecule has 0 saturated heterocycles. The topological polar surface area (TPSA) is 127 Å². The maximum Gasteiger partial charge on any atom is 0.329 e. The van der Waals surface area contributed by atoms with Crippen LogP contribution in [0.3, 0.4) is 0 Å². The fraction of sp³-hybridized carbons (Fsp3) is 0.480. The first-order valence-corrected chi connectivity index (χ1v) is 23.9. The van der Waals surface area contributed by atoms with Crippen LogP contribution in [0.1, 0.15) is 158 Å². The summed E-state index contributed by atoms with van der Waals surface area (Å²) in [6.45, 7) is 3.51. The number of hydrogen-bond acceptors (Lipinski definition) is 10. The van der Waals surface area contributed by atoms with Crippen molar-refractivity contribution >= 4 is 104 Å². The van der Waals surface area contributed by atoms with Gasteiger partial charge in [0, 0.05) is 33.0 Å². The van der Waals surface area contributed by atoms with Crippen LogP contribution in [-0.4, -0.2) is 82.2 Å². The van der Waals surface area contributed by atoms with Crippen LogP contribution >= 0.6 is 25.3 Å². The van der Waals surface area contributed by atoms with Crippen LogP contribution in [0.15, 0.2) is 48.5 Å². The Balaban J connectivity index is 1.07. The summed E-state index contributed by atoms with van der Waals surface area (Å²) in [7, 11) is 0. The highest BCUT2D eigenvalue weighted by Gasteiger charge is 2.42. The number of rotatable bonds is 24. The molecule has 12 heteroatoms. The van der Waals surface area contributed by atoms with Gasteiger partial charge in [-0.05, 0) is 108 Å². The number of esters is 2. The van der Waals surface area contributed by atoms with Crippen LogP contribution in [0.4, 0.5) is 0 Å². The molecule has 2 atom stereocenters. The van der Waals surface area contributed by atoms with Gasteiger partial charge in [-0.15, -0.1) is 0 Å². The van der Waals surface area contributed by atoms with Crippen LogP contribution in [0.25, 0.3) is 43.1 Å². The molecule has 2 aliphatic heterocycles. The number of amides is 4. The molecule has 0 fully saturated rings. The van der Waals surface area contributed by atoms with Crippen molar-refractivity contribution in [3.8, 4) is 0 Å². The van der Waals surface area contributed by atoms with Crippen molar-refractivity contribution in [2.45, 2.75) is 129 Å². The van der Waals surface area contributed by atoms with Crippen LogP contribution < -0.4 is 0 Å². The van der Waals surface area contributed by atoms with E-state index in [1.165, 1.54) is 52.4 Å². The smallest absolute Gasteiger partial charge is 0.329 e. The summed E-state index contributed by atoms with van der Waals surface area (Å²) in [6, 6.07) is 11.8. The zero-order chi connectivity index (χ0) is 43.9. The number of fused-ring (bicyclic) bond motifs is 2. The molecule has 7 rings (SSSR count). The van der Waals surface area contributed by atoms with Crippen LogP contribution in [0.2, 0.25) is 0 Å². The van der Waals surface area contributed by atoms with Crippen molar-refractivity contribution in [2.75, 3.05) is 24.7 Å². The second-order valence-electron chi connectivity index (χ2n) is 16.9. The van der Waals surface area contributed by atoms with Gasteiger partial charge in [0.25, 0.3) is 23.6 Å². The Bertz CT molecular complexity index is 2210. The number of carbonyl (C=O) groups is 6. The highest BCUT2D eigenvalue weighted by atomic mass is 32.1. The van der Waals surface area contributed by atoms with E-state index in [0.717, 1.165) is 94.2 Å². The van der Waals surface area contributed by atoms with E-state index in [0.29, 0.717) is 56.6 Å². The number of hydrogen-bond donors (Lipinski definition) is 2. The quantitative estimate of drug-likeness (QED) is 0.0157. The molecule has 4 amide bonds. The van der Waals surface area contributed by atoms with Crippen LogP contribution in [-0.2, 0) is 19.1 Å². The Kier molecular flexibility index (Phi) is 15.1. The Morgan fingerprint density at radius 2 is 0.677 bits per heavy atom. The van der Waals surface area contributed by atoms with Crippen molar-refractivity contribution < 1.29 is 38.2 Å². The molecule has 2 unspecified atom stereocenters. The van der Waals surface area contributed by atoms with E-state index in [2.05, 4.69) is 25.3 Å². The number of thiol groups is 2. The Hall–Kier alpha value is -4.68. The lowest BCUT2D eigenvalue weighted by molar-refractivity contribution is -0.148. The van der Waals surface area contributed by atoms with E-state index in [4.69, 9.17) is 9.47 Å². The van der Waals surface area contributed by atoms with Gasteiger partial charge in [0.05, 0.1) is 13.2 Å². The minimum absolute atomic E-state index is 0.227. The number of benzene rings is 5. The average Bonchev–Trinajstić information content (AvgIpc) is 3.27. The molecule has 0 radical (unpaired) electrons. The number of imide groups is 2. The lowest BCUT2D eigenvalue weighted by Crippen LogP contribution is -2.49. The van der Waals surface area contributed by atoms with E-state index < -0.39 is 47.7 Å². The van der Waals surface area contributed by atoms with Crippen molar-refractivity contribution in [3.63, 3.8) is 0 Å². The molecule has 328 valence electrons. The molecule has 0 bridgehead atoms. The van der Waals surface area contributed by atoms with Gasteiger partial charge in [-0.25, -0.2) is 9.59 Å². The monoisotopic (exact) mass is 878 g/mol. The molecule has 5 aromatic rings. The van der Waals surface area contributed by atoms with E-state index in [1.54, 1.807) is 24.3 Å². The molecule has 0 spiro atoms. The predicted molar refractivity (Wildman–Crippen MR) is 251 cm³/mol. The van der Waals surface area contributed by atoms with E-state index >= 15 is 0 Å². The van der Waals surface area contributed by atoms with Gasteiger partial charge >= 0.3 is 11.9 Å². The molecule has 2 heterocycles. The molecule has 0 N–H and O–H groups in total. The summed E-state index contributed by atoms with van der Waals surface area (Å²) >= 11 is 8.52. The lowest BCUT2D eigenvalue weighted by Gasteiger charge is -2.32. The van der Waals surface area contributed by atoms with Gasteiger partial charge in [-0.3, -0.25) is 29.0 Å². The normalized spacial score (nSPS) is 14.8. The summed E-state index contributed by atoms with van der Waals surface area (Å²) in [5.74, 6) is -1.68. The van der Waals surface area contributed by atoms with Crippen LogP contribution in [0.5, 0.6) is 0 Å². The summed E-state index contributed by atoms with van der Waals surface area (Å²) < 4.78 is 11.1. The van der Waals surface area contributed by atoms with Crippen molar-refractivity contribution in [1.29, 1.82) is 0 Å². The molecular formula is C50H58N2O8S2. The molecule has 2 aliphatic rings. The van der Waals surface area contributed by atoms with Crippen molar-refractivity contribution in [1.82, 2.24) is 9.80 Å². The average molecular weight is 879 g/mol. The first kappa shape index (κ1) is 45.3. The van der Waals surface area contributed by atoms with Gasteiger partial charge in [0.15, 0.2) is 0 Å². The Morgan fingerprint density at radius 1 is 0.419 bits per heavy atom. The maximum absolute atomic E-state index is 14.1. The third kappa shape index (κ3) is 8.91. The van der Waals surface area contributed by atoms with Crippen LogP contribution in [0, 0.1) is 0 Å². The number of ether oxygens (including phenoxy) is 2. The zero-order valence-corrected chi connectivity index (χ0v) is 37.8. The van der Waals surface area contributed by atoms with E-state index in [9.17, 15) is 28.8 Å².